The van der Waals surface area contributed by atoms with Crippen molar-refractivity contribution in [3.8, 4) is 0 Å². The average molecular weight is 421 g/mol. The lowest BCUT2D eigenvalue weighted by Crippen LogP contribution is -2.16. The van der Waals surface area contributed by atoms with Crippen molar-refractivity contribution >= 4 is 15.9 Å². The lowest BCUT2D eigenvalue weighted by atomic mass is 10.0. The minimum Gasteiger partial charge on any atom is -0.460 e. The number of carbonyl (C=O) groups excluding carboxylic acids is 1. The number of ether oxygens (including phenoxy) is 1. The largest absolute Gasteiger partial charge is 0.460 e. The molecule has 0 aliphatic carbocycles. The van der Waals surface area contributed by atoms with Gasteiger partial charge in [-0.15, -0.1) is 0 Å². The highest BCUT2D eigenvalue weighted by Crippen LogP contribution is 2.35. The van der Waals surface area contributed by atoms with E-state index in [0.29, 0.717) is 24.3 Å². The fraction of sp³-hybridized carbons (Fsp3) is 0.167. The Kier molecular flexibility index (Phi) is 3.02. The molecular weight excluding hydrogens is 399 g/mol. The molecule has 1 heterocycles. The summed E-state index contributed by atoms with van der Waals surface area (Å²) in [5.74, 6) is -5.43. The van der Waals surface area contributed by atoms with Gasteiger partial charge in [0.15, 0.2) is 8.90 Å². The molecule has 28 heavy (non-hydrogen) atoms. The lowest BCUT2D eigenvalue weighted by Gasteiger charge is -2.12. The first-order valence-corrected chi connectivity index (χ1v) is 8.90. The van der Waals surface area contributed by atoms with Crippen molar-refractivity contribution in [2.45, 2.75) is 18.0 Å². The molecular formula is C18H14F3NO5S. The van der Waals surface area contributed by atoms with Crippen molar-refractivity contribution in [3.05, 3.63) is 82.8 Å². The van der Waals surface area contributed by atoms with E-state index in [2.05, 4.69) is 4.18 Å². The Bertz CT molecular complexity index is 1350. The smallest absolute Gasteiger partial charge is 0.416 e. The first-order chi connectivity index (χ1) is 16.4. The number of carbonyl (C=O) groups is 1. The number of Topliss-reactive ketones (excluding diaryl/α,β-unsaturated/α-hetero) is 1. The highest BCUT2D eigenvalue weighted by Gasteiger charge is 2.40. The molecule has 2 N–H and O–H groups in total. The predicted molar refractivity (Wildman–Crippen MR) is 91.6 cm³/mol. The van der Waals surface area contributed by atoms with Gasteiger partial charge in [-0.05, 0) is 17.7 Å². The Labute approximate surface area is 169 Å². The monoisotopic (exact) mass is 421 g/mol. The molecule has 0 aromatic heterocycles. The third-order valence-electron chi connectivity index (χ3n) is 3.36. The van der Waals surface area contributed by atoms with Crippen molar-refractivity contribution in [2.24, 2.45) is 5.72 Å². The van der Waals surface area contributed by atoms with E-state index in [0.717, 1.165) is 0 Å². The van der Waals surface area contributed by atoms with Gasteiger partial charge in [0.1, 0.15) is 5.75 Å². The van der Waals surface area contributed by atoms with E-state index < -0.39 is 98.2 Å². The van der Waals surface area contributed by atoms with Crippen LogP contribution in [0.1, 0.15) is 31.0 Å². The van der Waals surface area contributed by atoms with E-state index in [4.69, 9.17) is 15.8 Å². The van der Waals surface area contributed by atoms with E-state index in [1.54, 1.807) is 0 Å². The average Bonchev–Trinajstić information content (AvgIpc) is 3.05. The molecule has 2 aromatic rings. The number of rotatable bonds is 6. The summed E-state index contributed by atoms with van der Waals surface area (Å²) in [5.41, 5.74) is -2.72. The third-order valence-corrected chi connectivity index (χ3v) is 4.43. The van der Waals surface area contributed by atoms with Gasteiger partial charge in [0.05, 0.1) is 13.8 Å². The minimum absolute atomic E-state index is 0.395. The van der Waals surface area contributed by atoms with Crippen molar-refractivity contribution in [2.75, 3.05) is 0 Å². The molecule has 0 saturated carbocycles. The van der Waals surface area contributed by atoms with Crippen LogP contribution in [0.3, 0.4) is 0 Å². The maximum atomic E-state index is 12.9. The Morgan fingerprint density at radius 1 is 1.21 bits per heavy atom. The van der Waals surface area contributed by atoms with Crippen LogP contribution >= 0.6 is 0 Å². The molecule has 148 valence electrons. The summed E-state index contributed by atoms with van der Waals surface area (Å²) in [7, 11) is -5.02. The second kappa shape index (κ2) is 7.19. The number of alkyl halides is 3. The second-order valence-corrected chi connectivity index (χ2v) is 6.93. The van der Waals surface area contributed by atoms with E-state index in [1.165, 1.54) is 0 Å². The van der Waals surface area contributed by atoms with Gasteiger partial charge in [0, 0.05) is 5.56 Å². The van der Waals surface area contributed by atoms with Gasteiger partial charge in [0.2, 0.25) is 17.4 Å². The topological polar surface area (TPSA) is 95.7 Å². The Morgan fingerprint density at radius 3 is 2.43 bits per heavy atom. The molecule has 0 saturated heterocycles. The lowest BCUT2D eigenvalue weighted by molar-refractivity contribution is -0.137. The standard InChI is InChI=1S/C18H14F3NO5S/c19-18(20,21)13-8-6-12(7-9-13)15-14(23)16(17(22)26-15)27-28(24,25)10-11-4-2-1-3-5-11/h1-9,15H,10,22H2/t15-/m1/s1/i1D,2D,3D,4D,5D,15D/hD2. The molecule has 2 aromatic carbocycles. The molecule has 1 atom stereocenters. The molecule has 0 amide bonds. The fourth-order valence-electron chi connectivity index (χ4n) is 2.14. The van der Waals surface area contributed by atoms with Crippen LogP contribution in [0.5, 0.6) is 0 Å². The van der Waals surface area contributed by atoms with Crippen LogP contribution in [0.2, 0.25) is 2.82 Å². The van der Waals surface area contributed by atoms with Crippen LogP contribution < -0.4 is 5.72 Å². The Balaban J connectivity index is 1.98. The second-order valence-electron chi connectivity index (χ2n) is 5.36. The van der Waals surface area contributed by atoms with Gasteiger partial charge in [-0.1, -0.05) is 42.3 Å². The summed E-state index contributed by atoms with van der Waals surface area (Å²) in [4.78, 5) is 12.9. The van der Waals surface area contributed by atoms with Crippen LogP contribution in [0.25, 0.3) is 0 Å². The summed E-state index contributed by atoms with van der Waals surface area (Å²) >= 11 is 0. The van der Waals surface area contributed by atoms with Crippen molar-refractivity contribution in [3.63, 3.8) is 0 Å². The number of hydrogen-bond donors (Lipinski definition) is 1. The Hall–Kier alpha value is -3.01. The van der Waals surface area contributed by atoms with Gasteiger partial charge < -0.3 is 14.6 Å². The third kappa shape index (κ3) is 4.28. The maximum absolute atomic E-state index is 12.9. The molecule has 0 spiro atoms. The zero-order valence-electron chi connectivity index (χ0n) is 21.5. The summed E-state index contributed by atoms with van der Waals surface area (Å²) in [6.07, 6.45) is -7.65. The molecule has 10 heteroatoms. The summed E-state index contributed by atoms with van der Waals surface area (Å²) in [6, 6.07) is -1.68. The van der Waals surface area contributed by atoms with Gasteiger partial charge in [-0.2, -0.15) is 21.6 Å². The quantitative estimate of drug-likeness (QED) is 0.721. The van der Waals surface area contributed by atoms with Crippen LogP contribution in [-0.2, 0) is 35.8 Å². The molecule has 1 aliphatic rings. The van der Waals surface area contributed by atoms with Gasteiger partial charge in [-0.3, -0.25) is 4.79 Å². The number of halogens is 3. The first kappa shape index (κ1) is 11.7. The van der Waals surface area contributed by atoms with E-state index in [9.17, 15) is 26.4 Å². The fourth-order valence-corrected chi connectivity index (χ4v) is 3.10. The molecule has 0 unspecified atom stereocenters. The summed E-state index contributed by atoms with van der Waals surface area (Å²) in [5, 5.41) is 0. The SMILES string of the molecule is [2H]c1c([2H])c([2H])c(CS(=O)(=O)OC2=C(N([2H])[2H])O[C@]([2H])(c3ccc(C(F)(F)F)cc3)C2=O)c([2H])c1[2H]. The molecule has 0 fully saturated rings. The van der Waals surface area contributed by atoms with Crippen LogP contribution in [0.15, 0.2) is 66.1 Å². The van der Waals surface area contributed by atoms with Crippen molar-refractivity contribution < 1.29 is 46.4 Å². The minimum atomic E-state index is -5.02. The van der Waals surface area contributed by atoms with Crippen LogP contribution in [-0.4, -0.2) is 14.2 Å². The van der Waals surface area contributed by atoms with Gasteiger partial charge in [-0.25, -0.2) is 0 Å². The van der Waals surface area contributed by atoms with Crippen molar-refractivity contribution in [1.29, 1.82) is 0 Å². The van der Waals surface area contributed by atoms with Gasteiger partial charge in [0.25, 0.3) is 0 Å². The van der Waals surface area contributed by atoms with E-state index in [1.807, 2.05) is 0 Å². The highest BCUT2D eigenvalue weighted by molar-refractivity contribution is 7.86. The Morgan fingerprint density at radius 2 is 1.86 bits per heavy atom. The molecule has 0 radical (unpaired) electrons. The van der Waals surface area contributed by atoms with Gasteiger partial charge >= 0.3 is 16.3 Å². The summed E-state index contributed by atoms with van der Waals surface area (Å²) < 4.78 is 135. The number of benzene rings is 2. The first-order valence-electron chi connectivity index (χ1n) is 11.2. The van der Waals surface area contributed by atoms with E-state index >= 15 is 0 Å². The zero-order valence-corrected chi connectivity index (χ0v) is 14.4. The maximum Gasteiger partial charge on any atom is 0.416 e. The molecule has 0 bridgehead atoms. The summed E-state index contributed by atoms with van der Waals surface area (Å²) in [6.45, 7) is 0. The predicted octanol–water partition coefficient (Wildman–Crippen LogP) is 3.02. The molecule has 6 nitrogen and oxygen atoms in total. The zero-order chi connectivity index (χ0) is 27.4. The highest BCUT2D eigenvalue weighted by atomic mass is 32.2. The van der Waals surface area contributed by atoms with Crippen LogP contribution in [0, 0.1) is 0 Å². The number of nitrogens with two attached hydrogens (primary N) is 1. The molecule has 3 rings (SSSR count). The van der Waals surface area contributed by atoms with Crippen LogP contribution in [0.4, 0.5) is 13.2 Å². The van der Waals surface area contributed by atoms with Crippen molar-refractivity contribution in [1.82, 2.24) is 0 Å². The normalized spacial score (nSPS) is 24.0. The molecule has 1 aliphatic heterocycles. The van der Waals surface area contributed by atoms with E-state index in [-0.39, 0.29) is 0 Å². The number of hydrogen-bond acceptors (Lipinski definition) is 6. The number of ketones is 1.